The molecule has 0 bridgehead atoms. The van der Waals surface area contributed by atoms with Crippen LogP contribution in [0.5, 0.6) is 0 Å². The van der Waals surface area contributed by atoms with E-state index in [0.717, 1.165) is 37.4 Å². The Balaban J connectivity index is 0.000000267. The number of anilines is 2. The third-order valence-corrected chi connectivity index (χ3v) is 7.45. The topological polar surface area (TPSA) is 139 Å². The molecule has 4 N–H and O–H groups in total. The first-order chi connectivity index (χ1) is 17.7. The van der Waals surface area contributed by atoms with E-state index in [4.69, 9.17) is 9.31 Å². The van der Waals surface area contributed by atoms with E-state index < -0.39 is 12.7 Å². The lowest BCUT2D eigenvalue weighted by atomic mass is 9.80. The summed E-state index contributed by atoms with van der Waals surface area (Å²) in [5.41, 5.74) is -0.146. The molecule has 1 saturated heterocycles. The normalized spacial score (nSPS) is 21.7. The highest BCUT2D eigenvalue weighted by Crippen LogP contribution is 2.36. The zero-order chi connectivity index (χ0) is 28.1. The van der Waals surface area contributed by atoms with Gasteiger partial charge in [0.1, 0.15) is 16.5 Å². The van der Waals surface area contributed by atoms with Crippen molar-refractivity contribution in [1.82, 2.24) is 15.0 Å². The molecule has 0 radical (unpaired) electrons. The van der Waals surface area contributed by atoms with Crippen molar-refractivity contribution >= 4 is 58.8 Å². The Labute approximate surface area is 245 Å². The third-order valence-electron chi connectivity index (χ3n) is 7.07. The van der Waals surface area contributed by atoms with Crippen LogP contribution in [0.2, 0.25) is 0 Å². The second-order valence-corrected chi connectivity index (χ2v) is 12.0. The second-order valence-electron chi connectivity index (χ2n) is 11.2. The molecule has 0 atom stereocenters. The highest BCUT2D eigenvalue weighted by molar-refractivity contribution is 9.10. The Bertz CT molecular complexity index is 1060. The Morgan fingerprint density at radius 2 is 1.69 bits per heavy atom. The van der Waals surface area contributed by atoms with Crippen molar-refractivity contribution < 1.29 is 24.3 Å². The van der Waals surface area contributed by atoms with Crippen LogP contribution < -0.4 is 16.1 Å². The Morgan fingerprint density at radius 3 is 2.21 bits per heavy atom. The molecule has 2 aliphatic rings. The van der Waals surface area contributed by atoms with Crippen LogP contribution in [0.25, 0.3) is 0 Å². The van der Waals surface area contributed by atoms with Crippen LogP contribution in [0.4, 0.5) is 11.6 Å². The minimum absolute atomic E-state index is 0. The lowest BCUT2D eigenvalue weighted by molar-refractivity contribution is -0.106. The van der Waals surface area contributed by atoms with Crippen LogP contribution in [-0.4, -0.2) is 68.5 Å². The van der Waals surface area contributed by atoms with E-state index in [1.54, 1.807) is 32.3 Å². The number of aldehydes is 1. The van der Waals surface area contributed by atoms with Gasteiger partial charge < -0.3 is 34.9 Å². The molecule has 0 unspecified atom stereocenters. The molecule has 1 saturated carbocycles. The third kappa shape index (κ3) is 9.09. The standard InChI is InChI=1S/C14H22BNO3.C12H17BrN4O2.ClH/c1-12(2,17)11-8-7-10(9-16-11)15-18-13(3,4)14(5,6)19-15;13-10-7-15-11(14-5-6-18)12(17-10)16-8-1-3-9(19)4-2-8;/h7-9,17H,1-6H3;6-9,19H,1-5H2,(H,14,15)(H,16,17);1H/i1+1,2+1,12+1;5+1,6+1;. The van der Waals surface area contributed by atoms with Crippen molar-refractivity contribution in [2.24, 2.45) is 0 Å². The Kier molecular flexibility index (Phi) is 11.7. The summed E-state index contributed by atoms with van der Waals surface area (Å²) in [6, 6.07) is 3.98. The summed E-state index contributed by atoms with van der Waals surface area (Å²) in [6.45, 7) is 11.7. The van der Waals surface area contributed by atoms with E-state index in [9.17, 15) is 15.0 Å². The summed E-state index contributed by atoms with van der Waals surface area (Å²) >= 11 is 3.29. The van der Waals surface area contributed by atoms with Gasteiger partial charge in [-0.25, -0.2) is 9.97 Å². The van der Waals surface area contributed by atoms with Crippen LogP contribution in [0.1, 0.15) is 72.9 Å². The molecule has 39 heavy (non-hydrogen) atoms. The van der Waals surface area contributed by atoms with Gasteiger partial charge in [-0.3, -0.25) is 4.98 Å². The maximum absolute atomic E-state index is 10.4. The highest BCUT2D eigenvalue weighted by Gasteiger charge is 2.51. The number of carbonyl (C=O) groups excluding carboxylic acids is 1. The van der Waals surface area contributed by atoms with Crippen LogP contribution in [-0.2, 0) is 19.7 Å². The smallest absolute Gasteiger partial charge is 0.399 e. The molecule has 0 aromatic carbocycles. The van der Waals surface area contributed by atoms with E-state index in [1.165, 1.54) is 0 Å². The van der Waals surface area contributed by atoms with E-state index in [1.807, 2.05) is 33.8 Å². The zero-order valence-electron chi connectivity index (χ0n) is 23.4. The number of halogens is 2. The van der Waals surface area contributed by atoms with E-state index >= 15 is 0 Å². The molecular weight excluding hydrogens is 593 g/mol. The van der Waals surface area contributed by atoms with E-state index in [0.29, 0.717) is 21.9 Å². The lowest BCUT2D eigenvalue weighted by Crippen LogP contribution is -2.41. The van der Waals surface area contributed by atoms with Crippen LogP contribution in [0, 0.1) is 0 Å². The van der Waals surface area contributed by atoms with Gasteiger partial charge in [0.2, 0.25) is 0 Å². The molecule has 0 amide bonds. The number of hydrogen-bond acceptors (Lipinski definition) is 10. The van der Waals surface area contributed by atoms with Crippen molar-refractivity contribution in [3.05, 3.63) is 34.8 Å². The highest BCUT2D eigenvalue weighted by atomic mass is 79.9. The fourth-order valence-corrected chi connectivity index (χ4v) is 4.31. The minimum atomic E-state index is -0.936. The summed E-state index contributed by atoms with van der Waals surface area (Å²) in [4.78, 5) is 23.2. The van der Waals surface area contributed by atoms with Gasteiger partial charge in [0.15, 0.2) is 11.6 Å². The summed E-state index contributed by atoms with van der Waals surface area (Å²) in [5.74, 6) is 1.21. The van der Waals surface area contributed by atoms with Crippen molar-refractivity contribution in [1.29, 1.82) is 0 Å². The molecule has 2 aromatic rings. The van der Waals surface area contributed by atoms with Crippen molar-refractivity contribution in [3.8, 4) is 0 Å². The number of carbonyl (C=O) groups is 1. The van der Waals surface area contributed by atoms with Gasteiger partial charge in [0.25, 0.3) is 0 Å². The summed E-state index contributed by atoms with van der Waals surface area (Å²) in [7, 11) is -0.409. The molecule has 0 spiro atoms. The van der Waals surface area contributed by atoms with Crippen molar-refractivity contribution in [2.45, 2.75) is 96.2 Å². The summed E-state index contributed by atoms with van der Waals surface area (Å²) < 4.78 is 12.5. The fraction of sp³-hybridized carbons (Fsp3) is 0.615. The molecular formula is C26H40BBrClN5O5. The molecule has 10 nitrogen and oxygen atoms in total. The lowest BCUT2D eigenvalue weighted by Gasteiger charge is -2.32. The maximum Gasteiger partial charge on any atom is 0.496 e. The van der Waals surface area contributed by atoms with Gasteiger partial charge in [-0.05, 0) is 89.2 Å². The van der Waals surface area contributed by atoms with Gasteiger partial charge in [0, 0.05) is 17.7 Å². The molecule has 4 rings (SSSR count). The average Bonchev–Trinajstić information content (AvgIpc) is 3.07. The number of nitrogens with zero attached hydrogens (tertiary/aromatic N) is 3. The van der Waals surface area contributed by atoms with Crippen LogP contribution in [0.15, 0.2) is 29.1 Å². The van der Waals surface area contributed by atoms with Gasteiger partial charge in [-0.1, -0.05) is 6.07 Å². The first-order valence-electron chi connectivity index (χ1n) is 12.9. The van der Waals surface area contributed by atoms with Gasteiger partial charge in [-0.15, -0.1) is 12.4 Å². The number of hydrogen-bond donors (Lipinski definition) is 4. The maximum atomic E-state index is 10.4. The molecule has 2 aromatic heterocycles. The SMILES string of the molecule is CC1(C)OB(c2ccc([13C]([13CH3])([13CH3])O)nc2)OC1(C)C.Cl.O=[13CH][13CH2]Nc1ncc(Br)nc1NC1CCC(O)CC1. The molecule has 1 aliphatic heterocycles. The van der Waals surface area contributed by atoms with Crippen LogP contribution >= 0.6 is 28.3 Å². The van der Waals surface area contributed by atoms with Gasteiger partial charge in [0.05, 0.1) is 35.7 Å². The monoisotopic (exact) mass is 632 g/mol. The van der Waals surface area contributed by atoms with E-state index in [2.05, 4.69) is 41.5 Å². The first kappa shape index (κ1) is 33.4. The van der Waals surface area contributed by atoms with E-state index in [-0.39, 0.29) is 42.3 Å². The largest absolute Gasteiger partial charge is 0.496 e. The summed E-state index contributed by atoms with van der Waals surface area (Å²) in [5, 5.41) is 25.6. The predicted octanol–water partition coefficient (Wildman–Crippen LogP) is 3.60. The molecule has 2 fully saturated rings. The number of nitrogens with one attached hydrogen (secondary N) is 2. The van der Waals surface area contributed by atoms with Gasteiger partial charge in [-0.2, -0.15) is 0 Å². The fourth-order valence-electron chi connectivity index (χ4n) is 4.04. The quantitative estimate of drug-likeness (QED) is 0.203. The average molecular weight is 634 g/mol. The number of aliphatic hydroxyl groups excluding tert-OH is 1. The second kappa shape index (κ2) is 13.7. The molecule has 3 heterocycles. The number of aliphatic hydroxyl groups is 2. The summed E-state index contributed by atoms with van der Waals surface area (Å²) in [6.07, 6.45) is 7.31. The molecule has 1 aliphatic carbocycles. The van der Waals surface area contributed by atoms with Crippen LogP contribution in [0.3, 0.4) is 0 Å². The molecule has 216 valence electrons. The number of pyridine rings is 1. The van der Waals surface area contributed by atoms with Crippen molar-refractivity contribution in [3.63, 3.8) is 0 Å². The minimum Gasteiger partial charge on any atom is -0.399 e. The zero-order valence-corrected chi connectivity index (χ0v) is 25.8. The number of rotatable bonds is 7. The Hall–Kier alpha value is -1.83. The van der Waals surface area contributed by atoms with Gasteiger partial charge >= 0.3 is 7.12 Å². The van der Waals surface area contributed by atoms with Crippen molar-refractivity contribution in [2.75, 3.05) is 17.2 Å². The first-order valence-corrected chi connectivity index (χ1v) is 13.7. The molecule has 13 heteroatoms. The Morgan fingerprint density at radius 1 is 1.08 bits per heavy atom. The predicted molar refractivity (Wildman–Crippen MR) is 159 cm³/mol. The number of aromatic nitrogens is 3.